The second kappa shape index (κ2) is 8.38. The molecule has 0 spiro atoms. The van der Waals surface area contributed by atoms with Gasteiger partial charge >= 0.3 is 0 Å². The number of carbonyl (C=O) groups is 3. The summed E-state index contributed by atoms with van der Waals surface area (Å²) in [7, 11) is 0. The number of thiazole rings is 1. The monoisotopic (exact) mass is 439 g/mol. The van der Waals surface area contributed by atoms with Gasteiger partial charge in [0.2, 0.25) is 5.91 Å². The molecule has 30 heavy (non-hydrogen) atoms. The van der Waals surface area contributed by atoms with Crippen molar-refractivity contribution >= 4 is 51.4 Å². The first-order chi connectivity index (χ1) is 14.4. The fraction of sp³-hybridized carbons (Fsp3) is 0.182. The predicted octanol–water partition coefficient (Wildman–Crippen LogP) is 4.92. The van der Waals surface area contributed by atoms with E-state index < -0.39 is 5.92 Å². The second-order valence-corrected chi connectivity index (χ2v) is 8.53. The molecule has 1 atom stereocenters. The summed E-state index contributed by atoms with van der Waals surface area (Å²) in [6, 6.07) is 13.4. The van der Waals surface area contributed by atoms with Gasteiger partial charge in [-0.15, -0.1) is 11.3 Å². The predicted molar refractivity (Wildman–Crippen MR) is 118 cm³/mol. The third-order valence-electron chi connectivity index (χ3n) is 4.90. The molecule has 8 heteroatoms. The number of aromatic nitrogens is 1. The van der Waals surface area contributed by atoms with Crippen molar-refractivity contribution in [2.45, 2.75) is 25.7 Å². The standard InChI is InChI=1S/C22H18ClN3O3S/c1-12(27)14-3-2-4-16(11-14)24-21(29)17-9-10-18-19(17)25-22(30-18)26-20(28)13-5-7-15(23)8-6-13/h2-8,11,17H,9-10H2,1H3,(H,24,29)(H,25,26,28). The van der Waals surface area contributed by atoms with E-state index in [1.54, 1.807) is 48.5 Å². The average molecular weight is 440 g/mol. The number of Topliss-reactive ketones (excluding diaryl/α,β-unsaturated/α-hetero) is 1. The minimum atomic E-state index is -0.390. The number of aryl methyl sites for hydroxylation is 1. The van der Waals surface area contributed by atoms with Crippen LogP contribution in [0.25, 0.3) is 0 Å². The third-order valence-corrected chi connectivity index (χ3v) is 6.20. The van der Waals surface area contributed by atoms with E-state index in [9.17, 15) is 14.4 Å². The number of nitrogens with one attached hydrogen (secondary N) is 2. The molecule has 0 bridgehead atoms. The Morgan fingerprint density at radius 2 is 1.83 bits per heavy atom. The van der Waals surface area contributed by atoms with E-state index in [0.29, 0.717) is 39.1 Å². The minimum absolute atomic E-state index is 0.0603. The maximum Gasteiger partial charge on any atom is 0.257 e. The van der Waals surface area contributed by atoms with Crippen LogP contribution < -0.4 is 10.6 Å². The van der Waals surface area contributed by atoms with Gasteiger partial charge in [0.25, 0.3) is 5.91 Å². The number of benzene rings is 2. The zero-order valence-electron chi connectivity index (χ0n) is 16.1. The highest BCUT2D eigenvalue weighted by Gasteiger charge is 2.33. The molecule has 4 rings (SSSR count). The van der Waals surface area contributed by atoms with Crippen LogP contribution in [0.3, 0.4) is 0 Å². The molecule has 1 unspecified atom stereocenters. The van der Waals surface area contributed by atoms with E-state index in [1.807, 2.05) is 0 Å². The lowest BCUT2D eigenvalue weighted by atomic mass is 10.1. The quantitative estimate of drug-likeness (QED) is 0.552. The number of amides is 2. The minimum Gasteiger partial charge on any atom is -0.325 e. The van der Waals surface area contributed by atoms with Gasteiger partial charge in [-0.05, 0) is 56.2 Å². The Bertz CT molecular complexity index is 1140. The summed E-state index contributed by atoms with van der Waals surface area (Å²) < 4.78 is 0. The third kappa shape index (κ3) is 4.27. The van der Waals surface area contributed by atoms with Crippen LogP contribution in [0, 0.1) is 0 Å². The normalized spacial score (nSPS) is 14.8. The first-order valence-electron chi connectivity index (χ1n) is 9.39. The number of rotatable bonds is 5. The van der Waals surface area contributed by atoms with Crippen LogP contribution in [-0.2, 0) is 11.2 Å². The van der Waals surface area contributed by atoms with Crippen LogP contribution in [0.15, 0.2) is 48.5 Å². The Kier molecular flexibility index (Phi) is 5.65. The van der Waals surface area contributed by atoms with Crippen molar-refractivity contribution < 1.29 is 14.4 Å². The summed E-state index contributed by atoms with van der Waals surface area (Å²) in [5, 5.41) is 6.69. The van der Waals surface area contributed by atoms with Crippen molar-refractivity contribution in [2.24, 2.45) is 0 Å². The molecule has 152 valence electrons. The van der Waals surface area contributed by atoms with Crippen LogP contribution in [-0.4, -0.2) is 22.6 Å². The highest BCUT2D eigenvalue weighted by Crippen LogP contribution is 2.39. The maximum atomic E-state index is 12.8. The van der Waals surface area contributed by atoms with Gasteiger partial charge in [0.15, 0.2) is 10.9 Å². The summed E-state index contributed by atoms with van der Waals surface area (Å²) in [6.45, 7) is 1.49. The second-order valence-electron chi connectivity index (χ2n) is 7.01. The largest absolute Gasteiger partial charge is 0.325 e. The molecule has 0 aliphatic heterocycles. The SMILES string of the molecule is CC(=O)c1cccc(NC(=O)C2CCc3sc(NC(=O)c4ccc(Cl)cc4)nc32)c1. The average Bonchev–Trinajstić information content (AvgIpc) is 3.28. The lowest BCUT2D eigenvalue weighted by molar-refractivity contribution is -0.117. The Morgan fingerprint density at radius 3 is 2.57 bits per heavy atom. The Balaban J connectivity index is 1.46. The van der Waals surface area contributed by atoms with Gasteiger partial charge in [-0.2, -0.15) is 0 Å². The Hall–Kier alpha value is -3.03. The van der Waals surface area contributed by atoms with E-state index in [2.05, 4.69) is 15.6 Å². The van der Waals surface area contributed by atoms with Crippen molar-refractivity contribution in [2.75, 3.05) is 10.6 Å². The van der Waals surface area contributed by atoms with Crippen molar-refractivity contribution in [1.82, 2.24) is 4.98 Å². The molecule has 1 heterocycles. The van der Waals surface area contributed by atoms with Gasteiger partial charge in [0.05, 0.1) is 11.6 Å². The molecule has 2 N–H and O–H groups in total. The fourth-order valence-electron chi connectivity index (χ4n) is 3.35. The molecule has 0 fully saturated rings. The molecule has 1 aliphatic carbocycles. The van der Waals surface area contributed by atoms with Gasteiger partial charge in [-0.3, -0.25) is 19.7 Å². The van der Waals surface area contributed by atoms with Crippen LogP contribution in [0.5, 0.6) is 0 Å². The number of fused-ring (bicyclic) bond motifs is 1. The van der Waals surface area contributed by atoms with Gasteiger partial charge in [-0.25, -0.2) is 4.98 Å². The number of carbonyl (C=O) groups excluding carboxylic acids is 3. The molecule has 3 aromatic rings. The zero-order chi connectivity index (χ0) is 21.3. The van der Waals surface area contributed by atoms with Crippen LogP contribution >= 0.6 is 22.9 Å². The molecule has 0 saturated heterocycles. The van der Waals surface area contributed by atoms with Gasteiger partial charge in [0, 0.05) is 26.7 Å². The lowest BCUT2D eigenvalue weighted by Crippen LogP contribution is -2.20. The molecule has 2 aromatic carbocycles. The highest BCUT2D eigenvalue weighted by atomic mass is 35.5. The maximum absolute atomic E-state index is 12.8. The molecule has 6 nitrogen and oxygen atoms in total. The summed E-state index contributed by atoms with van der Waals surface area (Å²) in [5.41, 5.74) is 2.30. The topological polar surface area (TPSA) is 88.2 Å². The van der Waals surface area contributed by atoms with Gasteiger partial charge in [0.1, 0.15) is 0 Å². The first kappa shape index (κ1) is 20.3. The number of hydrogen-bond acceptors (Lipinski definition) is 5. The number of hydrogen-bond donors (Lipinski definition) is 2. The molecule has 1 aromatic heterocycles. The lowest BCUT2D eigenvalue weighted by Gasteiger charge is -2.11. The van der Waals surface area contributed by atoms with Crippen molar-refractivity contribution in [1.29, 1.82) is 0 Å². The fourth-order valence-corrected chi connectivity index (χ4v) is 4.51. The Labute approximate surface area is 182 Å². The first-order valence-corrected chi connectivity index (χ1v) is 10.6. The van der Waals surface area contributed by atoms with E-state index in [4.69, 9.17) is 11.6 Å². The summed E-state index contributed by atoms with van der Waals surface area (Å²) in [4.78, 5) is 42.3. The smallest absolute Gasteiger partial charge is 0.257 e. The highest BCUT2D eigenvalue weighted by molar-refractivity contribution is 7.16. The molecule has 0 radical (unpaired) electrons. The van der Waals surface area contributed by atoms with Crippen LogP contribution in [0.1, 0.15) is 50.5 Å². The number of nitrogens with zero attached hydrogens (tertiary/aromatic N) is 1. The zero-order valence-corrected chi connectivity index (χ0v) is 17.6. The van der Waals surface area contributed by atoms with Crippen molar-refractivity contribution in [3.8, 4) is 0 Å². The molecule has 0 saturated carbocycles. The summed E-state index contributed by atoms with van der Waals surface area (Å²) in [5.74, 6) is -0.898. The van der Waals surface area contributed by atoms with Crippen LogP contribution in [0.2, 0.25) is 5.02 Å². The summed E-state index contributed by atoms with van der Waals surface area (Å²) in [6.07, 6.45) is 1.40. The molecule has 1 aliphatic rings. The van der Waals surface area contributed by atoms with Gasteiger partial charge < -0.3 is 5.32 Å². The van der Waals surface area contributed by atoms with Crippen molar-refractivity contribution in [3.05, 3.63) is 75.3 Å². The van der Waals surface area contributed by atoms with Crippen molar-refractivity contribution in [3.63, 3.8) is 0 Å². The molecular formula is C22H18ClN3O3S. The van der Waals surface area contributed by atoms with E-state index >= 15 is 0 Å². The Morgan fingerprint density at radius 1 is 1.07 bits per heavy atom. The summed E-state index contributed by atoms with van der Waals surface area (Å²) >= 11 is 7.25. The molecular weight excluding hydrogens is 422 g/mol. The van der Waals surface area contributed by atoms with E-state index in [1.165, 1.54) is 18.3 Å². The van der Waals surface area contributed by atoms with Gasteiger partial charge in [-0.1, -0.05) is 23.7 Å². The van der Waals surface area contributed by atoms with Crippen LogP contribution in [0.4, 0.5) is 10.8 Å². The number of halogens is 1. The number of ketones is 1. The van der Waals surface area contributed by atoms with E-state index in [0.717, 1.165) is 11.3 Å². The van der Waals surface area contributed by atoms with E-state index in [-0.39, 0.29) is 17.6 Å². The number of anilines is 2. The molecule has 2 amide bonds.